The molecule has 0 aliphatic carbocycles. The number of nitrogens with zero attached hydrogens (tertiary/aromatic N) is 1. The Kier molecular flexibility index (Phi) is 9.50. The molecule has 0 aliphatic heterocycles. The molecule has 3 aromatic carbocycles. The topological polar surface area (TPSA) is 79.2 Å². The van der Waals surface area contributed by atoms with Crippen LogP contribution in [-0.4, -0.2) is 60.0 Å². The Hall–Kier alpha value is -3.35. The summed E-state index contributed by atoms with van der Waals surface area (Å²) in [5.41, 5.74) is 2.48. The fraction of sp³-hybridized carbons (Fsp3) is 0.321. The lowest BCUT2D eigenvalue weighted by molar-refractivity contribution is 0.0550. The largest absolute Gasteiger partial charge is 0.508 e. The highest BCUT2D eigenvalue weighted by molar-refractivity contribution is 5.89. The third kappa shape index (κ3) is 7.61. The number of aliphatic hydroxyl groups is 1. The molecule has 3 rings (SSSR count). The van der Waals surface area contributed by atoms with Crippen molar-refractivity contribution in [3.05, 3.63) is 95.6 Å². The number of rotatable bonds is 12. The van der Waals surface area contributed by atoms with Gasteiger partial charge < -0.3 is 19.7 Å². The lowest BCUT2D eigenvalue weighted by Crippen LogP contribution is -2.43. The van der Waals surface area contributed by atoms with Crippen molar-refractivity contribution in [1.82, 2.24) is 4.90 Å². The molecule has 0 spiro atoms. The van der Waals surface area contributed by atoms with Gasteiger partial charge in [0.2, 0.25) is 0 Å². The summed E-state index contributed by atoms with van der Waals surface area (Å²) in [6, 6.07) is 24.3. The van der Waals surface area contributed by atoms with Crippen molar-refractivity contribution in [3.63, 3.8) is 0 Å². The Morgan fingerprint density at radius 1 is 0.971 bits per heavy atom. The van der Waals surface area contributed by atoms with Crippen LogP contribution < -0.4 is 4.74 Å². The minimum Gasteiger partial charge on any atom is -0.508 e. The molecule has 0 aromatic heterocycles. The van der Waals surface area contributed by atoms with Gasteiger partial charge in [0.15, 0.2) is 0 Å². The van der Waals surface area contributed by atoms with Crippen LogP contribution in [0.1, 0.15) is 28.4 Å². The molecular formula is C28H33NO5. The van der Waals surface area contributed by atoms with E-state index in [1.807, 2.05) is 60.7 Å². The second-order valence-corrected chi connectivity index (χ2v) is 8.39. The molecule has 0 unspecified atom stereocenters. The number of phenolic OH excluding ortho intramolecular Hbond substituents is 1. The molecule has 0 heterocycles. The predicted molar refractivity (Wildman–Crippen MR) is 132 cm³/mol. The number of hydrogen-bond donors (Lipinski definition) is 2. The summed E-state index contributed by atoms with van der Waals surface area (Å²) in [7, 11) is 1.37. The number of phenols is 1. The smallest absolute Gasteiger partial charge is 0.337 e. The number of benzene rings is 3. The van der Waals surface area contributed by atoms with Gasteiger partial charge in [0, 0.05) is 19.1 Å². The lowest BCUT2D eigenvalue weighted by Gasteiger charge is -2.31. The molecule has 2 atom stereocenters. The van der Waals surface area contributed by atoms with Gasteiger partial charge in [-0.3, -0.25) is 4.90 Å². The first-order valence-electron chi connectivity index (χ1n) is 11.5. The van der Waals surface area contributed by atoms with Crippen molar-refractivity contribution in [1.29, 1.82) is 0 Å². The van der Waals surface area contributed by atoms with Crippen molar-refractivity contribution in [3.8, 4) is 11.5 Å². The first-order valence-corrected chi connectivity index (χ1v) is 11.5. The molecule has 6 heteroatoms. The van der Waals surface area contributed by atoms with E-state index in [0.717, 1.165) is 23.3 Å². The van der Waals surface area contributed by atoms with Crippen molar-refractivity contribution < 1.29 is 24.5 Å². The average Bonchev–Trinajstić information content (AvgIpc) is 2.86. The van der Waals surface area contributed by atoms with Crippen molar-refractivity contribution in [2.75, 3.05) is 26.8 Å². The van der Waals surface area contributed by atoms with Crippen LogP contribution in [0.2, 0.25) is 0 Å². The molecule has 6 nitrogen and oxygen atoms in total. The molecule has 2 N–H and O–H groups in total. The van der Waals surface area contributed by atoms with Gasteiger partial charge in [-0.05, 0) is 61.2 Å². The monoisotopic (exact) mass is 463 g/mol. The van der Waals surface area contributed by atoms with Gasteiger partial charge in [0.05, 0.1) is 12.7 Å². The van der Waals surface area contributed by atoms with Crippen LogP contribution in [0, 0.1) is 0 Å². The van der Waals surface area contributed by atoms with Crippen LogP contribution in [0.3, 0.4) is 0 Å². The van der Waals surface area contributed by atoms with E-state index in [4.69, 9.17) is 9.47 Å². The summed E-state index contributed by atoms with van der Waals surface area (Å²) >= 11 is 0. The van der Waals surface area contributed by atoms with Gasteiger partial charge in [-0.15, -0.1) is 0 Å². The predicted octanol–water partition coefficient (Wildman–Crippen LogP) is 4.09. The van der Waals surface area contributed by atoms with Crippen LogP contribution in [0.5, 0.6) is 11.5 Å². The van der Waals surface area contributed by atoms with Crippen LogP contribution in [0.4, 0.5) is 0 Å². The fourth-order valence-electron chi connectivity index (χ4n) is 3.88. The molecule has 0 saturated carbocycles. The molecule has 0 saturated heterocycles. The van der Waals surface area contributed by atoms with Crippen LogP contribution in [-0.2, 0) is 17.6 Å². The number of carbonyl (C=O) groups is 1. The van der Waals surface area contributed by atoms with E-state index in [1.165, 1.54) is 7.11 Å². The second-order valence-electron chi connectivity index (χ2n) is 8.39. The third-order valence-corrected chi connectivity index (χ3v) is 5.82. The zero-order valence-electron chi connectivity index (χ0n) is 19.8. The Morgan fingerprint density at radius 2 is 1.65 bits per heavy atom. The number of carbonyl (C=O) groups excluding carboxylic acids is 1. The summed E-state index contributed by atoms with van der Waals surface area (Å²) in [5.74, 6) is 0.646. The number of methoxy groups -OCH3 is 1. The summed E-state index contributed by atoms with van der Waals surface area (Å²) in [6.45, 7) is 3.41. The zero-order chi connectivity index (χ0) is 24.3. The Balaban J connectivity index is 1.65. The van der Waals surface area contributed by atoms with Gasteiger partial charge in [-0.1, -0.05) is 48.5 Å². The van der Waals surface area contributed by atoms with Crippen molar-refractivity contribution in [2.45, 2.75) is 31.9 Å². The van der Waals surface area contributed by atoms with Crippen molar-refractivity contribution >= 4 is 5.97 Å². The minimum absolute atomic E-state index is 0.112. The molecule has 180 valence electrons. The summed E-state index contributed by atoms with van der Waals surface area (Å²) < 4.78 is 10.5. The van der Waals surface area contributed by atoms with Gasteiger partial charge in [0.25, 0.3) is 0 Å². The third-order valence-electron chi connectivity index (χ3n) is 5.82. The molecule has 34 heavy (non-hydrogen) atoms. The standard InChI is InChI=1S/C28H33NO5/c1-21(18-22-12-14-24(15-13-22)28(32)33-2)29(17-16-23-8-6-7-11-27(23)31)19-25(30)20-34-26-9-4-3-5-10-26/h3-15,21,25,30-31H,16-20H2,1-2H3/t21-,25+/m1/s1. The van der Waals surface area contributed by atoms with Crippen LogP contribution in [0.15, 0.2) is 78.9 Å². The van der Waals surface area contributed by atoms with Crippen molar-refractivity contribution in [2.24, 2.45) is 0 Å². The first-order chi connectivity index (χ1) is 16.5. The number of para-hydroxylation sites is 2. The highest BCUT2D eigenvalue weighted by Gasteiger charge is 2.19. The Bertz CT molecular complexity index is 1020. The zero-order valence-corrected chi connectivity index (χ0v) is 19.8. The molecule has 0 amide bonds. The van der Waals surface area contributed by atoms with E-state index in [2.05, 4.69) is 11.8 Å². The van der Waals surface area contributed by atoms with Crippen LogP contribution >= 0.6 is 0 Å². The summed E-state index contributed by atoms with van der Waals surface area (Å²) in [6.07, 6.45) is 0.729. The summed E-state index contributed by atoms with van der Waals surface area (Å²) in [5, 5.41) is 20.9. The maximum absolute atomic E-state index is 11.7. The summed E-state index contributed by atoms with van der Waals surface area (Å²) in [4.78, 5) is 13.9. The molecule has 0 fully saturated rings. The highest BCUT2D eigenvalue weighted by Crippen LogP contribution is 2.18. The van der Waals surface area contributed by atoms with E-state index < -0.39 is 6.10 Å². The van der Waals surface area contributed by atoms with Gasteiger partial charge in [-0.2, -0.15) is 0 Å². The maximum Gasteiger partial charge on any atom is 0.337 e. The van der Waals surface area contributed by atoms with E-state index in [-0.39, 0.29) is 24.4 Å². The fourth-order valence-corrected chi connectivity index (χ4v) is 3.88. The van der Waals surface area contributed by atoms with E-state index in [1.54, 1.807) is 18.2 Å². The van der Waals surface area contributed by atoms with Gasteiger partial charge >= 0.3 is 5.97 Å². The highest BCUT2D eigenvalue weighted by atomic mass is 16.5. The number of ether oxygens (including phenoxy) is 2. The number of hydrogen-bond acceptors (Lipinski definition) is 6. The number of aromatic hydroxyl groups is 1. The maximum atomic E-state index is 11.7. The average molecular weight is 464 g/mol. The normalized spacial score (nSPS) is 12.8. The second kappa shape index (κ2) is 12.8. The SMILES string of the molecule is COC(=O)c1ccc(C[C@@H](C)N(CCc2ccccc2O)C[C@H](O)COc2ccccc2)cc1. The van der Waals surface area contributed by atoms with E-state index in [9.17, 15) is 15.0 Å². The minimum atomic E-state index is -0.672. The molecule has 3 aromatic rings. The Morgan fingerprint density at radius 3 is 2.32 bits per heavy atom. The van der Waals surface area contributed by atoms with E-state index in [0.29, 0.717) is 25.1 Å². The lowest BCUT2D eigenvalue weighted by atomic mass is 10.0. The van der Waals surface area contributed by atoms with Gasteiger partial charge in [-0.25, -0.2) is 4.79 Å². The molecule has 0 radical (unpaired) electrons. The molecule has 0 aliphatic rings. The quantitative estimate of drug-likeness (QED) is 0.394. The Labute approximate surface area is 201 Å². The van der Waals surface area contributed by atoms with Crippen LogP contribution in [0.25, 0.3) is 0 Å². The molecular weight excluding hydrogens is 430 g/mol. The molecule has 0 bridgehead atoms. The first kappa shape index (κ1) is 25.3. The number of esters is 1. The van der Waals surface area contributed by atoms with E-state index >= 15 is 0 Å². The van der Waals surface area contributed by atoms with Gasteiger partial charge in [0.1, 0.15) is 24.2 Å². The number of aliphatic hydroxyl groups excluding tert-OH is 1.